The molecular formula is C32H34F3N3O4. The van der Waals surface area contributed by atoms with Gasteiger partial charge in [0.2, 0.25) is 0 Å². The van der Waals surface area contributed by atoms with Gasteiger partial charge in [-0.2, -0.15) is 13.2 Å². The van der Waals surface area contributed by atoms with Crippen LogP contribution < -0.4 is 4.90 Å². The van der Waals surface area contributed by atoms with Crippen molar-refractivity contribution in [1.82, 2.24) is 9.88 Å². The SMILES string of the molecule is COC(=O)CCc1ccc(C)c(-c2ccc(N3CCC3)nc2CN2C(=O)O[C@H](c3cc(C)cc(C(F)(F)F)c3)[C@@H]2C)c1. The second kappa shape index (κ2) is 11.7. The number of carbonyl (C=O) groups excluding carboxylic acids is 2. The molecule has 2 aromatic carbocycles. The van der Waals surface area contributed by atoms with Gasteiger partial charge in [0, 0.05) is 25.1 Å². The minimum absolute atomic E-state index is 0.122. The summed E-state index contributed by atoms with van der Waals surface area (Å²) in [4.78, 5) is 33.6. The van der Waals surface area contributed by atoms with Crippen molar-refractivity contribution in [2.45, 2.75) is 64.9 Å². The van der Waals surface area contributed by atoms with E-state index in [0.29, 0.717) is 23.2 Å². The van der Waals surface area contributed by atoms with Crippen LogP contribution in [-0.4, -0.2) is 48.2 Å². The van der Waals surface area contributed by atoms with Crippen molar-refractivity contribution in [3.63, 3.8) is 0 Å². The number of aromatic nitrogens is 1. The third-order valence-corrected chi connectivity index (χ3v) is 8.04. The largest absolute Gasteiger partial charge is 0.469 e. The number of aryl methyl sites for hydroxylation is 3. The zero-order chi connectivity index (χ0) is 30.2. The van der Waals surface area contributed by atoms with Crippen molar-refractivity contribution < 1.29 is 32.2 Å². The zero-order valence-electron chi connectivity index (χ0n) is 24.1. The summed E-state index contributed by atoms with van der Waals surface area (Å²) in [5.41, 5.74) is 4.39. The van der Waals surface area contributed by atoms with Crippen LogP contribution in [0.2, 0.25) is 0 Å². The van der Waals surface area contributed by atoms with Crippen LogP contribution in [0.4, 0.5) is 23.8 Å². The molecular weight excluding hydrogens is 547 g/mol. The molecule has 0 saturated carbocycles. The van der Waals surface area contributed by atoms with Gasteiger partial charge in [0.1, 0.15) is 11.9 Å². The number of alkyl halides is 3. The lowest BCUT2D eigenvalue weighted by Crippen LogP contribution is -2.38. The van der Waals surface area contributed by atoms with Crippen LogP contribution in [0.3, 0.4) is 0 Å². The predicted molar refractivity (Wildman–Crippen MR) is 152 cm³/mol. The van der Waals surface area contributed by atoms with E-state index in [4.69, 9.17) is 14.5 Å². The number of cyclic esters (lactones) is 1. The molecule has 0 radical (unpaired) electrons. The number of benzene rings is 2. The predicted octanol–water partition coefficient (Wildman–Crippen LogP) is 6.78. The molecule has 2 aliphatic rings. The molecule has 2 fully saturated rings. The average molecular weight is 582 g/mol. The molecule has 7 nitrogen and oxygen atoms in total. The third kappa shape index (κ3) is 6.07. The summed E-state index contributed by atoms with van der Waals surface area (Å²) in [5, 5.41) is 0. The van der Waals surface area contributed by atoms with Gasteiger partial charge in [0.15, 0.2) is 0 Å². The summed E-state index contributed by atoms with van der Waals surface area (Å²) in [6.45, 7) is 7.28. The molecule has 0 bridgehead atoms. The van der Waals surface area contributed by atoms with Crippen LogP contribution in [0.5, 0.6) is 0 Å². The first-order valence-electron chi connectivity index (χ1n) is 14.0. The fourth-order valence-corrected chi connectivity index (χ4v) is 5.50. The van der Waals surface area contributed by atoms with E-state index < -0.39 is 30.0 Å². The van der Waals surface area contributed by atoms with E-state index in [-0.39, 0.29) is 18.9 Å². The van der Waals surface area contributed by atoms with E-state index in [1.54, 1.807) is 19.9 Å². The lowest BCUT2D eigenvalue weighted by molar-refractivity contribution is -0.140. The molecule has 1 amide bonds. The van der Waals surface area contributed by atoms with E-state index >= 15 is 0 Å². The fraction of sp³-hybridized carbons (Fsp3) is 0.406. The number of hydrogen-bond acceptors (Lipinski definition) is 6. The van der Waals surface area contributed by atoms with Gasteiger partial charge < -0.3 is 14.4 Å². The number of halogens is 3. The van der Waals surface area contributed by atoms with Crippen molar-refractivity contribution >= 4 is 17.9 Å². The zero-order valence-corrected chi connectivity index (χ0v) is 24.1. The second-order valence-electron chi connectivity index (χ2n) is 11.0. The standard InChI is InChI=1S/C32H34F3N3O4/c1-19-14-23(17-24(15-19)32(33,34)35)30-21(3)38(31(40)42-30)18-27-25(9-10-28(36-27)37-12-5-13-37)26-16-22(7-6-20(26)2)8-11-29(39)41-4/h6-7,9-10,14-17,21,30H,5,8,11-13,18H2,1-4H3/t21-,30-/m0/s1. The molecule has 2 saturated heterocycles. The molecule has 10 heteroatoms. The number of hydrogen-bond donors (Lipinski definition) is 0. The van der Waals surface area contributed by atoms with Crippen LogP contribution in [0.1, 0.15) is 59.4 Å². The summed E-state index contributed by atoms with van der Waals surface area (Å²) in [5.74, 6) is 0.523. The Hall–Kier alpha value is -4.08. The molecule has 3 aromatic rings. The first-order chi connectivity index (χ1) is 19.9. The molecule has 0 unspecified atom stereocenters. The van der Waals surface area contributed by atoms with Gasteiger partial charge in [0.25, 0.3) is 0 Å². The molecule has 0 spiro atoms. The Balaban J connectivity index is 1.48. The highest BCUT2D eigenvalue weighted by Crippen LogP contribution is 2.39. The quantitative estimate of drug-likeness (QED) is 0.273. The first kappa shape index (κ1) is 29.4. The van der Waals surface area contributed by atoms with Crippen molar-refractivity contribution in [2.24, 2.45) is 0 Å². The number of pyridine rings is 1. The topological polar surface area (TPSA) is 72.0 Å². The molecule has 3 heterocycles. The second-order valence-corrected chi connectivity index (χ2v) is 11.0. The van der Waals surface area contributed by atoms with Crippen molar-refractivity contribution in [1.29, 1.82) is 0 Å². The maximum absolute atomic E-state index is 13.5. The van der Waals surface area contributed by atoms with Gasteiger partial charge in [0.05, 0.1) is 31.0 Å². The Bertz CT molecular complexity index is 1500. The number of anilines is 1. The Morgan fingerprint density at radius 2 is 1.83 bits per heavy atom. The highest BCUT2D eigenvalue weighted by atomic mass is 19.4. The molecule has 2 aliphatic heterocycles. The van der Waals surface area contributed by atoms with Crippen LogP contribution >= 0.6 is 0 Å². The Morgan fingerprint density at radius 3 is 2.50 bits per heavy atom. The molecule has 2 atom stereocenters. The van der Waals surface area contributed by atoms with Crippen LogP contribution in [0, 0.1) is 13.8 Å². The molecule has 1 aromatic heterocycles. The van der Waals surface area contributed by atoms with E-state index in [1.165, 1.54) is 12.0 Å². The highest BCUT2D eigenvalue weighted by Gasteiger charge is 2.41. The van der Waals surface area contributed by atoms with Crippen LogP contribution in [0.15, 0.2) is 48.5 Å². The fourth-order valence-electron chi connectivity index (χ4n) is 5.50. The number of nitrogens with zero attached hydrogens (tertiary/aromatic N) is 3. The molecule has 0 aliphatic carbocycles. The van der Waals surface area contributed by atoms with Crippen LogP contribution in [-0.2, 0) is 33.4 Å². The number of methoxy groups -OCH3 is 1. The summed E-state index contributed by atoms with van der Waals surface area (Å²) >= 11 is 0. The number of ether oxygens (including phenoxy) is 2. The number of esters is 1. The van der Waals surface area contributed by atoms with Gasteiger partial charge in [-0.25, -0.2) is 9.78 Å². The summed E-state index contributed by atoms with van der Waals surface area (Å²) in [6.07, 6.45) is -4.12. The molecule has 42 heavy (non-hydrogen) atoms. The van der Waals surface area contributed by atoms with E-state index in [2.05, 4.69) is 4.90 Å². The maximum atomic E-state index is 13.5. The van der Waals surface area contributed by atoms with Gasteiger partial charge in [-0.1, -0.05) is 29.8 Å². The average Bonchev–Trinajstić information content (AvgIpc) is 3.19. The third-order valence-electron chi connectivity index (χ3n) is 8.04. The Labute approximate surface area is 243 Å². The van der Waals surface area contributed by atoms with Gasteiger partial charge >= 0.3 is 18.2 Å². The van der Waals surface area contributed by atoms with Crippen molar-refractivity contribution in [3.05, 3.63) is 82.0 Å². The lowest BCUT2D eigenvalue weighted by Gasteiger charge is -2.33. The normalized spacial score (nSPS) is 18.6. The summed E-state index contributed by atoms with van der Waals surface area (Å²) < 4.78 is 51.0. The Morgan fingerprint density at radius 1 is 1.07 bits per heavy atom. The monoisotopic (exact) mass is 581 g/mol. The Kier molecular flexibility index (Phi) is 8.17. The molecule has 222 valence electrons. The first-order valence-corrected chi connectivity index (χ1v) is 14.0. The maximum Gasteiger partial charge on any atom is 0.416 e. The van der Waals surface area contributed by atoms with Gasteiger partial charge in [-0.3, -0.25) is 9.69 Å². The van der Waals surface area contributed by atoms with E-state index in [9.17, 15) is 22.8 Å². The van der Waals surface area contributed by atoms with E-state index in [0.717, 1.165) is 59.7 Å². The minimum atomic E-state index is -4.51. The molecule has 5 rings (SSSR count). The summed E-state index contributed by atoms with van der Waals surface area (Å²) in [7, 11) is 1.36. The molecule has 0 N–H and O–H groups in total. The lowest BCUT2D eigenvalue weighted by atomic mass is 9.94. The smallest absolute Gasteiger partial charge is 0.416 e. The number of rotatable bonds is 8. The summed E-state index contributed by atoms with van der Waals surface area (Å²) in [6, 6.07) is 13.2. The minimum Gasteiger partial charge on any atom is -0.469 e. The van der Waals surface area contributed by atoms with Gasteiger partial charge in [-0.15, -0.1) is 0 Å². The van der Waals surface area contributed by atoms with Crippen molar-refractivity contribution in [2.75, 3.05) is 25.1 Å². The highest BCUT2D eigenvalue weighted by molar-refractivity contribution is 5.75. The number of carbonyl (C=O) groups is 2. The van der Waals surface area contributed by atoms with Gasteiger partial charge in [-0.05, 0) is 80.1 Å². The van der Waals surface area contributed by atoms with Crippen molar-refractivity contribution in [3.8, 4) is 11.1 Å². The van der Waals surface area contributed by atoms with Crippen LogP contribution in [0.25, 0.3) is 11.1 Å². The van der Waals surface area contributed by atoms with E-state index in [1.807, 2.05) is 37.3 Å². The number of amides is 1.